The van der Waals surface area contributed by atoms with Crippen LogP contribution >= 0.6 is 0 Å². The molecule has 0 bridgehead atoms. The number of alkyl halides is 1. The molecule has 3 N–H and O–H groups in total. The minimum absolute atomic E-state index is 0.0434. The minimum Gasteiger partial charge on any atom is -0.467 e. The van der Waals surface area contributed by atoms with Crippen molar-refractivity contribution in [3.05, 3.63) is 46.9 Å². The molecule has 60 heavy (non-hydrogen) atoms. The van der Waals surface area contributed by atoms with Crippen LogP contribution in [0.15, 0.2) is 24.3 Å². The van der Waals surface area contributed by atoms with Gasteiger partial charge < -0.3 is 24.4 Å². The van der Waals surface area contributed by atoms with Crippen LogP contribution in [0.5, 0.6) is 11.8 Å². The maximum Gasteiger partial charge on any atom is 0.322 e. The summed E-state index contributed by atoms with van der Waals surface area (Å²) < 4.78 is 48.8. The number of aromatic nitrogens is 2. The summed E-state index contributed by atoms with van der Waals surface area (Å²) in [5.41, 5.74) is 9.56. The molecule has 13 nitrogen and oxygen atoms in total. The summed E-state index contributed by atoms with van der Waals surface area (Å²) in [6, 6.07) is 6.78. The summed E-state index contributed by atoms with van der Waals surface area (Å²) in [5, 5.41) is 8.58. The Kier molecular flexibility index (Phi) is 11.5. The number of urea groups is 1. The summed E-state index contributed by atoms with van der Waals surface area (Å²) in [4.78, 5) is 39.3. The summed E-state index contributed by atoms with van der Waals surface area (Å²) >= 11 is 0. The number of carbonyl (C=O) groups is 2. The molecular formula is C44H58F2N8O5Si. The van der Waals surface area contributed by atoms with Crippen LogP contribution in [0.1, 0.15) is 84.0 Å². The molecule has 3 atom stereocenters. The van der Waals surface area contributed by atoms with Crippen molar-refractivity contribution >= 4 is 42.3 Å². The second-order valence-corrected chi connectivity index (χ2v) is 23.8. The first-order valence-corrected chi connectivity index (χ1v) is 23.6. The van der Waals surface area contributed by atoms with Gasteiger partial charge in [0.15, 0.2) is 12.6 Å². The summed E-state index contributed by atoms with van der Waals surface area (Å²) in [7, 11) is -0.652. The molecule has 322 valence electrons. The van der Waals surface area contributed by atoms with Crippen molar-refractivity contribution < 1.29 is 32.6 Å². The largest absolute Gasteiger partial charge is 0.467 e. The fraction of sp³-hybridized carbons (Fsp3) is 0.591. The van der Waals surface area contributed by atoms with Crippen molar-refractivity contribution in [2.24, 2.45) is 0 Å². The van der Waals surface area contributed by atoms with Crippen molar-refractivity contribution in [2.45, 2.75) is 114 Å². The van der Waals surface area contributed by atoms with Crippen molar-refractivity contribution in [3.8, 4) is 23.2 Å². The average Bonchev–Trinajstić information content (AvgIpc) is 3.83. The predicted molar refractivity (Wildman–Crippen MR) is 229 cm³/mol. The molecule has 16 heteroatoms. The molecule has 3 aromatic rings. The normalized spacial score (nSPS) is 24.3. The van der Waals surface area contributed by atoms with Gasteiger partial charge in [-0.25, -0.2) is 19.0 Å². The van der Waals surface area contributed by atoms with E-state index in [9.17, 15) is 14.0 Å². The second-order valence-electron chi connectivity index (χ2n) is 18.2. The van der Waals surface area contributed by atoms with Gasteiger partial charge in [0.25, 0.3) is 5.91 Å². The highest BCUT2D eigenvalue weighted by Crippen LogP contribution is 2.44. The number of rotatable bonds is 11. The van der Waals surface area contributed by atoms with Crippen LogP contribution in [0, 0.1) is 17.3 Å². The van der Waals surface area contributed by atoms with Crippen LogP contribution in [-0.2, 0) is 22.5 Å². The van der Waals surface area contributed by atoms with Gasteiger partial charge in [-0.05, 0) is 59.9 Å². The molecule has 2 aromatic carbocycles. The Morgan fingerprint density at radius 2 is 1.80 bits per heavy atom. The Hall–Kier alpha value is -4.56. The highest BCUT2D eigenvalue weighted by Gasteiger charge is 2.50. The van der Waals surface area contributed by atoms with E-state index in [-0.39, 0.29) is 37.7 Å². The number of nitrogens with zero attached hydrogens (tertiary/aromatic N) is 5. The average molecular weight is 845 g/mol. The van der Waals surface area contributed by atoms with Crippen LogP contribution < -0.4 is 35.4 Å². The number of nitrogens with one attached hydrogen (secondary N) is 3. The van der Waals surface area contributed by atoms with Gasteiger partial charge in [0.1, 0.15) is 38.0 Å². The van der Waals surface area contributed by atoms with Gasteiger partial charge in [-0.15, -0.1) is 5.54 Å². The van der Waals surface area contributed by atoms with Crippen molar-refractivity contribution in [2.75, 3.05) is 63.1 Å². The van der Waals surface area contributed by atoms with Crippen LogP contribution in [0.25, 0.3) is 10.8 Å². The van der Waals surface area contributed by atoms with E-state index >= 15 is 4.39 Å². The number of anilines is 2. The van der Waals surface area contributed by atoms with Crippen LogP contribution in [-0.4, -0.2) is 105 Å². The molecule has 1 unspecified atom stereocenters. The molecule has 1 aromatic heterocycles. The number of benzene rings is 2. The van der Waals surface area contributed by atoms with Crippen LogP contribution in [0.2, 0.25) is 16.6 Å². The zero-order chi connectivity index (χ0) is 42.6. The van der Waals surface area contributed by atoms with Gasteiger partial charge in [-0.3, -0.25) is 20.0 Å². The van der Waals surface area contributed by atoms with E-state index in [1.54, 1.807) is 13.2 Å². The van der Waals surface area contributed by atoms with E-state index < -0.39 is 31.4 Å². The quantitative estimate of drug-likeness (QED) is 0.0892. The fourth-order valence-corrected chi connectivity index (χ4v) is 16.0. The number of ether oxygens (including phenoxy) is 3. The van der Waals surface area contributed by atoms with Gasteiger partial charge in [0.2, 0.25) is 0 Å². The maximum absolute atomic E-state index is 16.3. The number of fused-ring (bicyclic) bond motifs is 3. The Labute approximate surface area is 352 Å². The first-order chi connectivity index (χ1) is 28.7. The lowest BCUT2D eigenvalue weighted by Crippen LogP contribution is -2.63. The highest BCUT2D eigenvalue weighted by molar-refractivity contribution is 6.90. The van der Waals surface area contributed by atoms with Gasteiger partial charge in [0, 0.05) is 63.1 Å². The maximum atomic E-state index is 16.3. The fourth-order valence-electron chi connectivity index (χ4n) is 10.8. The number of hydrogen-bond donors (Lipinski definition) is 3. The number of hydrogen-bond acceptors (Lipinski definition) is 11. The summed E-state index contributed by atoms with van der Waals surface area (Å²) in [6.07, 6.45) is 2.23. The van der Waals surface area contributed by atoms with E-state index in [1.165, 1.54) is 6.07 Å². The third kappa shape index (κ3) is 7.45. The lowest BCUT2D eigenvalue weighted by atomic mass is 9.93. The van der Waals surface area contributed by atoms with Gasteiger partial charge in [-0.2, -0.15) is 9.97 Å². The van der Waals surface area contributed by atoms with Gasteiger partial charge >= 0.3 is 12.0 Å². The Bertz CT molecular complexity index is 2200. The monoisotopic (exact) mass is 844 g/mol. The molecule has 0 saturated carbocycles. The number of halogens is 2. The van der Waals surface area contributed by atoms with Crippen molar-refractivity contribution in [1.82, 2.24) is 30.9 Å². The van der Waals surface area contributed by atoms with E-state index in [1.807, 2.05) is 17.1 Å². The highest BCUT2D eigenvalue weighted by atomic mass is 28.3. The first-order valence-electron chi connectivity index (χ1n) is 21.4. The lowest BCUT2D eigenvalue weighted by molar-refractivity contribution is -0.124. The molecule has 3 amide bonds. The molecule has 1 spiro atoms. The molecule has 0 radical (unpaired) electrons. The van der Waals surface area contributed by atoms with E-state index in [0.717, 1.165) is 41.7 Å². The topological polar surface area (TPSA) is 133 Å². The molecule has 8 rings (SSSR count). The Morgan fingerprint density at radius 1 is 1.02 bits per heavy atom. The SMILES string of the molecule is COCOc1cc(N2CCc3c(nc(OC[C@@]45CCCN4C[C@H](F)C5)nc3N3CCC4(CN3)NC(=O)NC4=O)C2)c2c(C#C[Si](C(C)C)(C(C)C)C(C)C)c(F)ccc2c1. The molecule has 0 aliphatic carbocycles. The number of methoxy groups -OCH3 is 1. The number of amides is 3. The predicted octanol–water partition coefficient (Wildman–Crippen LogP) is 6.13. The zero-order valence-electron chi connectivity index (χ0n) is 35.8. The number of imide groups is 1. The third-order valence-corrected chi connectivity index (χ3v) is 20.1. The van der Waals surface area contributed by atoms with Crippen LogP contribution in [0.4, 0.5) is 25.1 Å². The molecular weight excluding hydrogens is 787 g/mol. The molecule has 6 heterocycles. The van der Waals surface area contributed by atoms with E-state index in [0.29, 0.717) is 84.6 Å². The first kappa shape index (κ1) is 42.1. The van der Waals surface area contributed by atoms with E-state index in [4.69, 9.17) is 24.2 Å². The minimum atomic E-state index is -2.22. The van der Waals surface area contributed by atoms with Gasteiger partial charge in [-0.1, -0.05) is 53.5 Å². The molecule has 4 fully saturated rings. The number of carbonyl (C=O) groups excluding carboxylic acids is 2. The third-order valence-electron chi connectivity index (χ3n) is 13.8. The van der Waals surface area contributed by atoms with E-state index in [2.05, 4.69) is 78.9 Å². The second kappa shape index (κ2) is 16.4. The number of hydrazine groups is 1. The molecule has 5 aliphatic heterocycles. The summed E-state index contributed by atoms with van der Waals surface area (Å²) in [6.45, 7) is 16.5. The lowest BCUT2D eigenvalue weighted by Gasteiger charge is -2.40. The van der Waals surface area contributed by atoms with Crippen LogP contribution in [0.3, 0.4) is 0 Å². The zero-order valence-corrected chi connectivity index (χ0v) is 36.8. The summed E-state index contributed by atoms with van der Waals surface area (Å²) in [5.74, 6) is 3.93. The standard InChI is InChI=1S/C44H58F2N8O5Si/c1-27(2)60(28(3)4,29(5)6)18-12-33-35(46)10-9-30-19-32(59-26-57-7)20-37(38(30)33)52-16-11-34-36(23-52)48-42(58-25-43-13-8-15-53(43)22-31(45)21-43)49-39(34)54-17-14-44(24-47-54)40(55)50-41(56)51-44/h9-10,19-20,27-29,31,47H,8,11,13-17,21-26H2,1-7H3,(H2,50,51,55,56)/t31-,43+,44?/m1/s1. The van der Waals surface area contributed by atoms with Crippen molar-refractivity contribution in [3.63, 3.8) is 0 Å². The molecule has 5 aliphatic rings. The smallest absolute Gasteiger partial charge is 0.322 e. The molecule has 4 saturated heterocycles. The van der Waals surface area contributed by atoms with Gasteiger partial charge in [0.05, 0.1) is 29.0 Å². The Morgan fingerprint density at radius 3 is 2.48 bits per heavy atom. The van der Waals surface area contributed by atoms with Crippen molar-refractivity contribution in [1.29, 1.82) is 0 Å². The Balaban J connectivity index is 1.20.